The molecule has 0 fully saturated rings. The molecule has 0 aliphatic carbocycles. The Hall–Kier alpha value is -3.02. The smallest absolute Gasteiger partial charge is 0.261 e. The molecule has 1 aliphatic rings. The van der Waals surface area contributed by atoms with Gasteiger partial charge < -0.3 is 11.1 Å². The normalized spacial score (nSPS) is 13.3. The predicted molar refractivity (Wildman–Crippen MR) is 125 cm³/mol. The van der Waals surface area contributed by atoms with E-state index in [0.29, 0.717) is 17.7 Å². The molecule has 31 heavy (non-hydrogen) atoms. The second-order valence-electron chi connectivity index (χ2n) is 7.97. The van der Waals surface area contributed by atoms with Crippen LogP contribution in [0.4, 0.5) is 0 Å². The molecule has 3 N–H and O–H groups in total. The van der Waals surface area contributed by atoms with Crippen molar-refractivity contribution in [3.8, 4) is 11.1 Å². The Morgan fingerprint density at radius 2 is 1.39 bits per heavy atom. The number of rotatable bonds is 10. The maximum absolute atomic E-state index is 13.2. The van der Waals surface area contributed by atoms with Gasteiger partial charge in [0.2, 0.25) is 0 Å². The van der Waals surface area contributed by atoms with E-state index in [2.05, 4.69) is 5.32 Å². The fourth-order valence-corrected chi connectivity index (χ4v) is 4.26. The molecule has 1 heterocycles. The number of nitrogens with one attached hydrogen (secondary N) is 1. The van der Waals surface area contributed by atoms with Crippen molar-refractivity contribution in [2.75, 3.05) is 26.2 Å². The summed E-state index contributed by atoms with van der Waals surface area (Å²) in [5.41, 5.74) is 8.85. The van der Waals surface area contributed by atoms with E-state index >= 15 is 0 Å². The van der Waals surface area contributed by atoms with Gasteiger partial charge in [0.15, 0.2) is 0 Å². The highest BCUT2D eigenvalue weighted by Gasteiger charge is 2.32. The van der Waals surface area contributed by atoms with Crippen LogP contribution in [0.2, 0.25) is 0 Å². The van der Waals surface area contributed by atoms with Gasteiger partial charge in [-0.3, -0.25) is 14.5 Å². The lowest BCUT2D eigenvalue weighted by Crippen LogP contribution is -2.41. The van der Waals surface area contributed by atoms with Crippen molar-refractivity contribution in [2.45, 2.75) is 25.7 Å². The third-order valence-electron chi connectivity index (χ3n) is 5.87. The summed E-state index contributed by atoms with van der Waals surface area (Å²) in [4.78, 5) is 27.8. The molecule has 3 aromatic rings. The average molecular weight is 416 g/mol. The van der Waals surface area contributed by atoms with Crippen molar-refractivity contribution in [3.05, 3.63) is 71.8 Å². The summed E-state index contributed by atoms with van der Waals surface area (Å²) < 4.78 is 0. The van der Waals surface area contributed by atoms with Gasteiger partial charge in [-0.1, -0.05) is 48.5 Å². The predicted octanol–water partition coefficient (Wildman–Crippen LogP) is 4.21. The van der Waals surface area contributed by atoms with Crippen LogP contribution in [0.1, 0.15) is 46.4 Å². The number of hydrogen-bond acceptors (Lipinski definition) is 4. The molecule has 0 unspecified atom stereocenters. The lowest BCUT2D eigenvalue weighted by molar-refractivity contribution is 0.0608. The van der Waals surface area contributed by atoms with Crippen LogP contribution in [0.5, 0.6) is 0 Å². The van der Waals surface area contributed by atoms with Crippen LogP contribution >= 0.6 is 0 Å². The highest BCUT2D eigenvalue weighted by atomic mass is 16.2. The summed E-state index contributed by atoms with van der Waals surface area (Å²) in [5.74, 6) is -0.381. The Morgan fingerprint density at radius 3 is 2.13 bits per heavy atom. The minimum atomic E-state index is -0.191. The van der Waals surface area contributed by atoms with E-state index in [-0.39, 0.29) is 11.8 Å². The Morgan fingerprint density at radius 1 is 0.710 bits per heavy atom. The van der Waals surface area contributed by atoms with E-state index < -0.39 is 0 Å². The molecule has 0 aromatic heterocycles. The Bertz CT molecular complexity index is 1060. The summed E-state index contributed by atoms with van der Waals surface area (Å²) in [5, 5.41) is 5.11. The first-order valence-corrected chi connectivity index (χ1v) is 11.1. The highest BCUT2D eigenvalue weighted by molar-refractivity contribution is 6.26. The van der Waals surface area contributed by atoms with Crippen LogP contribution in [0.15, 0.2) is 60.7 Å². The summed E-state index contributed by atoms with van der Waals surface area (Å²) in [6, 6.07) is 19.7. The van der Waals surface area contributed by atoms with Crippen molar-refractivity contribution >= 4 is 22.6 Å². The number of imide groups is 1. The van der Waals surface area contributed by atoms with Gasteiger partial charge in [-0.15, -0.1) is 0 Å². The largest absolute Gasteiger partial charge is 0.330 e. The molecule has 2 amide bonds. The lowest BCUT2D eigenvalue weighted by Gasteiger charge is -2.28. The monoisotopic (exact) mass is 415 g/mol. The van der Waals surface area contributed by atoms with Gasteiger partial charge in [0.05, 0.1) is 0 Å². The second kappa shape index (κ2) is 9.86. The van der Waals surface area contributed by atoms with Crippen LogP contribution in [-0.2, 0) is 0 Å². The Balaban J connectivity index is 1.51. The van der Waals surface area contributed by atoms with E-state index in [9.17, 15) is 9.59 Å². The topological polar surface area (TPSA) is 75.4 Å². The summed E-state index contributed by atoms with van der Waals surface area (Å²) in [6.45, 7) is 3.01. The SMILES string of the molecule is NCCCCNCCCCN1C(=O)c2cccc3c(-c4ccccc4)ccc(c23)C1=O. The molecule has 4 rings (SSSR count). The third kappa shape index (κ3) is 4.38. The highest BCUT2D eigenvalue weighted by Crippen LogP contribution is 2.36. The first-order chi connectivity index (χ1) is 15.2. The van der Waals surface area contributed by atoms with E-state index in [1.165, 1.54) is 4.90 Å². The summed E-state index contributed by atoms with van der Waals surface area (Å²) in [6.07, 6.45) is 3.81. The van der Waals surface area contributed by atoms with Crippen LogP contribution in [0, 0.1) is 0 Å². The number of benzene rings is 3. The maximum atomic E-state index is 13.2. The number of amides is 2. The van der Waals surface area contributed by atoms with Crippen molar-refractivity contribution in [2.24, 2.45) is 5.73 Å². The number of unbranched alkanes of at least 4 members (excludes halogenated alkanes) is 2. The standard InChI is InChI=1S/C26H29N3O2/c27-15-4-5-16-28-17-6-7-18-29-25(30)22-12-8-11-21-20(19-9-2-1-3-10-19)13-14-23(24(21)22)26(29)31/h1-3,8-14,28H,4-7,15-18,27H2. The third-order valence-corrected chi connectivity index (χ3v) is 5.87. The first-order valence-electron chi connectivity index (χ1n) is 11.1. The lowest BCUT2D eigenvalue weighted by atomic mass is 9.89. The number of nitrogens with two attached hydrogens (primary N) is 1. The minimum Gasteiger partial charge on any atom is -0.330 e. The number of carbonyl (C=O) groups is 2. The quantitative estimate of drug-likeness (QED) is 0.384. The van der Waals surface area contributed by atoms with Gasteiger partial charge >= 0.3 is 0 Å². The van der Waals surface area contributed by atoms with Gasteiger partial charge in [-0.05, 0) is 74.0 Å². The van der Waals surface area contributed by atoms with Gasteiger partial charge in [-0.2, -0.15) is 0 Å². The van der Waals surface area contributed by atoms with E-state index in [0.717, 1.165) is 67.2 Å². The molecular weight excluding hydrogens is 386 g/mol. The molecular formula is C26H29N3O2. The average Bonchev–Trinajstić information content (AvgIpc) is 2.81. The minimum absolute atomic E-state index is 0.191. The molecule has 0 bridgehead atoms. The molecule has 3 aromatic carbocycles. The van der Waals surface area contributed by atoms with Gasteiger partial charge in [0.25, 0.3) is 11.8 Å². The summed E-state index contributed by atoms with van der Waals surface area (Å²) in [7, 11) is 0. The first kappa shape index (κ1) is 21.2. The maximum Gasteiger partial charge on any atom is 0.261 e. The molecule has 1 aliphatic heterocycles. The molecule has 0 atom stereocenters. The zero-order valence-corrected chi connectivity index (χ0v) is 17.8. The van der Waals surface area contributed by atoms with Crippen LogP contribution in [0.25, 0.3) is 21.9 Å². The van der Waals surface area contributed by atoms with Crippen molar-refractivity contribution in [1.29, 1.82) is 0 Å². The van der Waals surface area contributed by atoms with Crippen LogP contribution in [0.3, 0.4) is 0 Å². The van der Waals surface area contributed by atoms with Crippen molar-refractivity contribution in [3.63, 3.8) is 0 Å². The zero-order valence-electron chi connectivity index (χ0n) is 17.8. The molecule has 0 saturated heterocycles. The van der Waals surface area contributed by atoms with E-state index in [1.54, 1.807) is 0 Å². The number of nitrogens with zero attached hydrogens (tertiary/aromatic N) is 1. The Kier molecular flexibility index (Phi) is 6.75. The number of carbonyl (C=O) groups excluding carboxylic acids is 2. The Labute approximate surface area is 183 Å². The molecule has 5 heteroatoms. The van der Waals surface area contributed by atoms with Crippen LogP contribution < -0.4 is 11.1 Å². The van der Waals surface area contributed by atoms with Crippen LogP contribution in [-0.4, -0.2) is 42.9 Å². The van der Waals surface area contributed by atoms with Gasteiger partial charge in [0, 0.05) is 23.1 Å². The fraction of sp³-hybridized carbons (Fsp3) is 0.308. The van der Waals surface area contributed by atoms with Gasteiger partial charge in [-0.25, -0.2) is 0 Å². The van der Waals surface area contributed by atoms with E-state index in [4.69, 9.17) is 5.73 Å². The number of hydrogen-bond donors (Lipinski definition) is 2. The van der Waals surface area contributed by atoms with E-state index in [1.807, 2.05) is 60.7 Å². The van der Waals surface area contributed by atoms with Crippen molar-refractivity contribution < 1.29 is 9.59 Å². The zero-order chi connectivity index (χ0) is 21.6. The fourth-order valence-electron chi connectivity index (χ4n) is 4.26. The molecule has 0 saturated carbocycles. The second-order valence-corrected chi connectivity index (χ2v) is 7.97. The molecule has 0 spiro atoms. The van der Waals surface area contributed by atoms with Crippen molar-refractivity contribution in [1.82, 2.24) is 10.2 Å². The summed E-state index contributed by atoms with van der Waals surface area (Å²) >= 11 is 0. The molecule has 0 radical (unpaired) electrons. The van der Waals surface area contributed by atoms with Gasteiger partial charge in [0.1, 0.15) is 0 Å². The molecule has 160 valence electrons. The molecule has 5 nitrogen and oxygen atoms in total.